The van der Waals surface area contributed by atoms with Crippen LogP contribution < -0.4 is 0 Å². The van der Waals surface area contributed by atoms with E-state index in [0.29, 0.717) is 0 Å². The van der Waals surface area contributed by atoms with E-state index in [-0.39, 0.29) is 0 Å². The molecule has 0 aromatic heterocycles. The molecular weight excluding hydrogens is 116 g/mol. The van der Waals surface area contributed by atoms with E-state index in [9.17, 15) is 0 Å². The van der Waals surface area contributed by atoms with E-state index in [0.717, 1.165) is 0 Å². The smallest absolute Gasteiger partial charge is 0.187 e. The molecule has 0 aromatic rings. The van der Waals surface area contributed by atoms with Crippen molar-refractivity contribution >= 4 is 8.32 Å². The van der Waals surface area contributed by atoms with E-state index >= 15 is 0 Å². The predicted molar refractivity (Wildman–Crippen MR) is 39.0 cm³/mol. The summed E-state index contributed by atoms with van der Waals surface area (Å²) in [4.78, 5) is 0. The minimum absolute atomic E-state index is 1.19. The van der Waals surface area contributed by atoms with Gasteiger partial charge >= 0.3 is 0 Å². The van der Waals surface area contributed by atoms with Crippen LogP contribution in [0, 0.1) is 6.61 Å². The van der Waals surface area contributed by atoms with Crippen LogP contribution in [0.25, 0.3) is 0 Å². The van der Waals surface area contributed by atoms with Crippen molar-refractivity contribution < 1.29 is 4.43 Å². The summed E-state index contributed by atoms with van der Waals surface area (Å²) in [6.07, 6.45) is 0. The van der Waals surface area contributed by atoms with Gasteiger partial charge in [0.05, 0.1) is 6.61 Å². The maximum Gasteiger partial charge on any atom is 0.187 e. The molecule has 49 valence electrons. The molecule has 8 heavy (non-hydrogen) atoms. The minimum Gasteiger partial charge on any atom is -0.412 e. The molecule has 2 heteroatoms. The molecule has 1 nitrogen and oxygen atoms in total. The van der Waals surface area contributed by atoms with E-state index in [2.05, 4.69) is 20.0 Å². The van der Waals surface area contributed by atoms with Gasteiger partial charge in [-0.1, -0.05) is 6.92 Å². The van der Waals surface area contributed by atoms with Crippen LogP contribution in [0.1, 0.15) is 13.8 Å². The molecule has 0 spiro atoms. The van der Waals surface area contributed by atoms with Gasteiger partial charge in [0.2, 0.25) is 0 Å². The summed E-state index contributed by atoms with van der Waals surface area (Å²) in [5.74, 6) is 0. The highest BCUT2D eigenvalue weighted by Gasteiger charge is 2.17. The molecule has 0 fully saturated rings. The Bertz CT molecular complexity index is 61.5. The lowest BCUT2D eigenvalue weighted by Gasteiger charge is -2.18. The third kappa shape index (κ3) is 3.21. The second kappa shape index (κ2) is 3.25. The Morgan fingerprint density at radius 2 is 2.00 bits per heavy atom. The van der Waals surface area contributed by atoms with Crippen LogP contribution in [0.4, 0.5) is 0 Å². The van der Waals surface area contributed by atoms with Gasteiger partial charge < -0.3 is 4.43 Å². The fraction of sp³-hybridized carbons (Fsp3) is 0.833. The van der Waals surface area contributed by atoms with Crippen molar-refractivity contribution in [2.75, 3.05) is 0 Å². The fourth-order valence-electron chi connectivity index (χ4n) is 0.402. The molecule has 0 rings (SSSR count). The molecule has 0 unspecified atom stereocenters. The number of hydrogen-bond acceptors (Lipinski definition) is 1. The summed E-state index contributed by atoms with van der Waals surface area (Å²) in [5.41, 5.74) is 0. The van der Waals surface area contributed by atoms with Crippen molar-refractivity contribution in [3.05, 3.63) is 6.61 Å². The van der Waals surface area contributed by atoms with Crippen LogP contribution in [0.3, 0.4) is 0 Å². The van der Waals surface area contributed by atoms with Crippen molar-refractivity contribution in [2.24, 2.45) is 0 Å². The second-order valence-electron chi connectivity index (χ2n) is 2.47. The first kappa shape index (κ1) is 8.18. The summed E-state index contributed by atoms with van der Waals surface area (Å²) in [6.45, 7) is 10.3. The van der Waals surface area contributed by atoms with E-state index in [1.54, 1.807) is 6.61 Å². The van der Waals surface area contributed by atoms with E-state index in [1.165, 1.54) is 6.04 Å². The van der Waals surface area contributed by atoms with Gasteiger partial charge in [-0.25, -0.2) is 0 Å². The van der Waals surface area contributed by atoms with Gasteiger partial charge in [-0.3, -0.25) is 0 Å². The van der Waals surface area contributed by atoms with Crippen LogP contribution in [-0.4, -0.2) is 8.32 Å². The third-order valence-corrected chi connectivity index (χ3v) is 3.86. The third-order valence-electron chi connectivity index (χ3n) is 1.29. The molecule has 0 bridgehead atoms. The molecule has 0 aliphatic carbocycles. The van der Waals surface area contributed by atoms with Crippen molar-refractivity contribution in [1.29, 1.82) is 0 Å². The molecule has 1 radical (unpaired) electrons. The van der Waals surface area contributed by atoms with Gasteiger partial charge in [0.1, 0.15) is 0 Å². The van der Waals surface area contributed by atoms with Crippen molar-refractivity contribution in [2.45, 2.75) is 33.0 Å². The molecule has 0 aliphatic rings. The highest BCUT2D eigenvalue weighted by molar-refractivity contribution is 6.71. The average Bonchev–Trinajstić information content (AvgIpc) is 1.67. The minimum atomic E-state index is -1.23. The number of hydrogen-bond donors (Lipinski definition) is 0. The normalized spacial score (nSPS) is 12.0. The van der Waals surface area contributed by atoms with Crippen LogP contribution in [0.5, 0.6) is 0 Å². The summed E-state index contributed by atoms with van der Waals surface area (Å²) in [7, 11) is -1.23. The lowest BCUT2D eigenvalue weighted by atomic mass is 10.9. The molecular formula is C6H15OSi. The van der Waals surface area contributed by atoms with Crippen LogP contribution in [-0.2, 0) is 4.43 Å². The summed E-state index contributed by atoms with van der Waals surface area (Å²) in [6, 6.07) is 1.19. The Kier molecular flexibility index (Phi) is 3.32. The molecule has 0 N–H and O–H groups in total. The quantitative estimate of drug-likeness (QED) is 0.534. The highest BCUT2D eigenvalue weighted by Crippen LogP contribution is 2.09. The van der Waals surface area contributed by atoms with E-state index in [1.807, 2.05) is 6.92 Å². The second-order valence-corrected chi connectivity index (χ2v) is 6.93. The summed E-state index contributed by atoms with van der Waals surface area (Å²) >= 11 is 0. The zero-order chi connectivity index (χ0) is 6.62. The Labute approximate surface area is 53.2 Å². The maximum absolute atomic E-state index is 5.39. The Morgan fingerprint density at radius 1 is 1.50 bits per heavy atom. The van der Waals surface area contributed by atoms with Gasteiger partial charge in [0.15, 0.2) is 8.32 Å². The molecule has 0 amide bonds. The Hall–Kier alpha value is 0.177. The Balaban J connectivity index is 3.37. The van der Waals surface area contributed by atoms with Crippen LogP contribution in [0.15, 0.2) is 0 Å². The standard InChI is InChI=1S/C6H15OSi/c1-5-7-8(3,4)6-2/h5H,6H2,1-4H3. The number of rotatable bonds is 3. The fourth-order valence-corrected chi connectivity index (χ4v) is 1.21. The molecule has 0 aliphatic heterocycles. The lowest BCUT2D eigenvalue weighted by molar-refractivity contribution is 0.407. The molecule has 0 aromatic carbocycles. The summed E-state index contributed by atoms with van der Waals surface area (Å²) < 4.78 is 5.39. The van der Waals surface area contributed by atoms with Gasteiger partial charge in [0, 0.05) is 0 Å². The summed E-state index contributed by atoms with van der Waals surface area (Å²) in [5, 5.41) is 0. The first-order valence-corrected chi connectivity index (χ1v) is 6.19. The van der Waals surface area contributed by atoms with Gasteiger partial charge in [0.25, 0.3) is 0 Å². The maximum atomic E-state index is 5.39. The first-order valence-electron chi connectivity index (χ1n) is 3.08. The topological polar surface area (TPSA) is 9.23 Å². The monoisotopic (exact) mass is 131 g/mol. The van der Waals surface area contributed by atoms with Crippen molar-refractivity contribution in [3.8, 4) is 0 Å². The molecule has 0 atom stereocenters. The van der Waals surface area contributed by atoms with Crippen LogP contribution in [0.2, 0.25) is 19.1 Å². The highest BCUT2D eigenvalue weighted by atomic mass is 28.4. The molecule has 0 saturated carbocycles. The average molecular weight is 131 g/mol. The van der Waals surface area contributed by atoms with Gasteiger partial charge in [-0.2, -0.15) is 0 Å². The zero-order valence-corrected chi connectivity index (χ0v) is 7.19. The van der Waals surface area contributed by atoms with Crippen molar-refractivity contribution in [1.82, 2.24) is 0 Å². The Morgan fingerprint density at radius 3 is 2.12 bits per heavy atom. The zero-order valence-electron chi connectivity index (χ0n) is 6.19. The molecule has 0 saturated heterocycles. The van der Waals surface area contributed by atoms with E-state index in [4.69, 9.17) is 4.43 Å². The lowest BCUT2D eigenvalue weighted by Crippen LogP contribution is -2.26. The predicted octanol–water partition coefficient (Wildman–Crippen LogP) is 2.41. The van der Waals surface area contributed by atoms with Gasteiger partial charge in [-0.15, -0.1) is 0 Å². The van der Waals surface area contributed by atoms with Crippen molar-refractivity contribution in [3.63, 3.8) is 0 Å². The first-order chi connectivity index (χ1) is 3.62. The largest absolute Gasteiger partial charge is 0.412 e. The van der Waals surface area contributed by atoms with Crippen LogP contribution >= 0.6 is 0 Å². The van der Waals surface area contributed by atoms with E-state index < -0.39 is 8.32 Å². The van der Waals surface area contributed by atoms with Gasteiger partial charge in [-0.05, 0) is 26.1 Å². The SMILES string of the molecule is C[CH]O[Si](C)(C)CC. The molecule has 0 heterocycles.